The first kappa shape index (κ1) is 19.4. The number of amides is 1. The van der Waals surface area contributed by atoms with E-state index in [0.717, 1.165) is 23.2 Å². The molecule has 0 saturated heterocycles. The van der Waals surface area contributed by atoms with Gasteiger partial charge in [0.2, 0.25) is 0 Å². The van der Waals surface area contributed by atoms with Gasteiger partial charge in [0.05, 0.1) is 11.4 Å². The zero-order valence-corrected chi connectivity index (χ0v) is 16.2. The molecule has 2 N–H and O–H groups in total. The number of aromatic nitrogens is 3. The van der Waals surface area contributed by atoms with E-state index in [1.54, 1.807) is 29.4 Å². The summed E-state index contributed by atoms with van der Waals surface area (Å²) in [5.74, 6) is 0.504. The zero-order chi connectivity index (χ0) is 20.1. The maximum atomic E-state index is 12.4. The number of nitrogens with one attached hydrogen (secondary N) is 1. The van der Waals surface area contributed by atoms with Crippen molar-refractivity contribution in [3.8, 4) is 17.2 Å². The molecule has 1 aromatic heterocycles. The second kappa shape index (κ2) is 8.56. The fourth-order valence-electron chi connectivity index (χ4n) is 2.77. The highest BCUT2D eigenvalue weighted by molar-refractivity contribution is 5.93. The van der Waals surface area contributed by atoms with Crippen molar-refractivity contribution < 1.29 is 14.6 Å². The van der Waals surface area contributed by atoms with Gasteiger partial charge in [-0.1, -0.05) is 32.9 Å². The van der Waals surface area contributed by atoms with Gasteiger partial charge in [0.25, 0.3) is 5.91 Å². The third kappa shape index (κ3) is 4.49. The predicted molar refractivity (Wildman–Crippen MR) is 107 cm³/mol. The molecule has 0 bridgehead atoms. The molecule has 1 heterocycles. The molecule has 0 aliphatic carbocycles. The van der Waals surface area contributed by atoms with E-state index >= 15 is 0 Å². The van der Waals surface area contributed by atoms with Crippen molar-refractivity contribution >= 4 is 11.6 Å². The molecule has 28 heavy (non-hydrogen) atoms. The topological polar surface area (TPSA) is 89.3 Å². The first-order valence-electron chi connectivity index (χ1n) is 9.21. The van der Waals surface area contributed by atoms with Crippen LogP contribution < -0.4 is 10.1 Å². The van der Waals surface area contributed by atoms with Crippen molar-refractivity contribution in [3.63, 3.8) is 0 Å². The number of benzene rings is 2. The van der Waals surface area contributed by atoms with Gasteiger partial charge in [-0.2, -0.15) is 0 Å². The number of carbonyl (C=O) groups excluding carboxylic acids is 1. The number of hydrogen-bond acceptors (Lipinski definition) is 5. The molecule has 7 heteroatoms. The van der Waals surface area contributed by atoms with E-state index in [1.807, 2.05) is 38.1 Å². The van der Waals surface area contributed by atoms with Crippen LogP contribution in [0.15, 0.2) is 49.1 Å². The molecule has 2 aromatic carbocycles. The maximum absolute atomic E-state index is 12.4. The van der Waals surface area contributed by atoms with Gasteiger partial charge < -0.3 is 15.2 Å². The van der Waals surface area contributed by atoms with E-state index in [1.165, 1.54) is 0 Å². The van der Waals surface area contributed by atoms with Crippen LogP contribution in [0.1, 0.15) is 37.8 Å². The van der Waals surface area contributed by atoms with E-state index in [9.17, 15) is 9.90 Å². The fourth-order valence-corrected chi connectivity index (χ4v) is 2.77. The number of phenols is 1. The quantitative estimate of drug-likeness (QED) is 0.611. The van der Waals surface area contributed by atoms with Crippen molar-refractivity contribution in [2.24, 2.45) is 0 Å². The monoisotopic (exact) mass is 380 g/mol. The third-order valence-corrected chi connectivity index (χ3v) is 4.45. The molecule has 0 aliphatic rings. The number of anilines is 1. The summed E-state index contributed by atoms with van der Waals surface area (Å²) in [6.45, 7) is 5.98. The molecule has 3 aromatic rings. The standard InChI is InChI=1S/C21H24N4O3/c1-4-15-5-8-20(18(9-15)25-12-22-23-13-25)28-11-21(27)24-17-10-16(14(2)3)6-7-19(17)26/h5-10,12-14,26H,4,11H2,1-3H3,(H,24,27). The highest BCUT2D eigenvalue weighted by Gasteiger charge is 2.12. The Morgan fingerprint density at radius 2 is 1.93 bits per heavy atom. The zero-order valence-electron chi connectivity index (χ0n) is 16.2. The molecule has 1 amide bonds. The summed E-state index contributed by atoms with van der Waals surface area (Å²) in [7, 11) is 0. The van der Waals surface area contributed by atoms with E-state index < -0.39 is 0 Å². The van der Waals surface area contributed by atoms with E-state index in [-0.39, 0.29) is 24.2 Å². The summed E-state index contributed by atoms with van der Waals surface area (Å²) in [6.07, 6.45) is 4.04. The number of nitrogens with zero attached hydrogens (tertiary/aromatic N) is 3. The van der Waals surface area contributed by atoms with Gasteiger partial charge in [-0.25, -0.2) is 0 Å². The Kier molecular flexibility index (Phi) is 5.93. The molecular weight excluding hydrogens is 356 g/mol. The Morgan fingerprint density at radius 1 is 1.18 bits per heavy atom. The molecule has 146 valence electrons. The number of ether oxygens (including phenoxy) is 1. The van der Waals surface area contributed by atoms with Crippen LogP contribution >= 0.6 is 0 Å². The molecule has 0 spiro atoms. The number of carbonyl (C=O) groups is 1. The van der Waals surface area contributed by atoms with Crippen molar-refractivity contribution in [2.75, 3.05) is 11.9 Å². The van der Waals surface area contributed by atoms with Crippen LogP contribution in [-0.4, -0.2) is 32.4 Å². The fraction of sp³-hybridized carbons (Fsp3) is 0.286. The summed E-state index contributed by atoms with van der Waals surface area (Å²) in [5.41, 5.74) is 3.30. The largest absolute Gasteiger partial charge is 0.506 e. The first-order chi connectivity index (χ1) is 13.5. The lowest BCUT2D eigenvalue weighted by atomic mass is 10.0. The smallest absolute Gasteiger partial charge is 0.262 e. The summed E-state index contributed by atoms with van der Waals surface area (Å²) < 4.78 is 7.48. The summed E-state index contributed by atoms with van der Waals surface area (Å²) in [6, 6.07) is 11.0. The molecule has 3 rings (SSSR count). The van der Waals surface area contributed by atoms with Gasteiger partial charge in [-0.05, 0) is 47.7 Å². The Morgan fingerprint density at radius 3 is 2.61 bits per heavy atom. The second-order valence-corrected chi connectivity index (χ2v) is 6.79. The van der Waals surface area contributed by atoms with Gasteiger partial charge in [0.1, 0.15) is 24.2 Å². The Hall–Kier alpha value is -3.35. The van der Waals surface area contributed by atoms with E-state index in [4.69, 9.17) is 4.74 Å². The van der Waals surface area contributed by atoms with Crippen LogP contribution in [0.4, 0.5) is 5.69 Å². The Labute approximate surface area is 164 Å². The number of hydrogen-bond donors (Lipinski definition) is 2. The molecule has 0 radical (unpaired) electrons. The van der Waals surface area contributed by atoms with Crippen molar-refractivity contribution in [2.45, 2.75) is 33.1 Å². The molecule has 0 atom stereocenters. The molecule has 0 aliphatic heterocycles. The average Bonchev–Trinajstić information content (AvgIpc) is 3.22. The summed E-state index contributed by atoms with van der Waals surface area (Å²) in [5, 5.41) is 20.4. The minimum Gasteiger partial charge on any atom is -0.506 e. The van der Waals surface area contributed by atoms with Crippen LogP contribution in [0, 0.1) is 0 Å². The van der Waals surface area contributed by atoms with Gasteiger partial charge in [-0.15, -0.1) is 10.2 Å². The molecular formula is C21H24N4O3. The Balaban J connectivity index is 1.73. The van der Waals surface area contributed by atoms with Crippen molar-refractivity contribution in [1.82, 2.24) is 14.8 Å². The number of phenolic OH excluding ortho intramolecular Hbond substituents is 1. The SMILES string of the molecule is CCc1ccc(OCC(=O)Nc2cc(C(C)C)ccc2O)c(-n2cnnc2)c1. The lowest BCUT2D eigenvalue weighted by Gasteiger charge is -2.14. The summed E-state index contributed by atoms with van der Waals surface area (Å²) in [4.78, 5) is 12.4. The highest BCUT2D eigenvalue weighted by Crippen LogP contribution is 2.28. The lowest BCUT2D eigenvalue weighted by molar-refractivity contribution is -0.118. The molecule has 0 fully saturated rings. The van der Waals surface area contributed by atoms with Crippen molar-refractivity contribution in [3.05, 3.63) is 60.2 Å². The number of rotatable bonds is 7. The minimum atomic E-state index is -0.356. The number of aromatic hydroxyl groups is 1. The van der Waals surface area contributed by atoms with Gasteiger partial charge in [0.15, 0.2) is 6.61 Å². The molecule has 0 unspecified atom stereocenters. The van der Waals surface area contributed by atoms with Gasteiger partial charge >= 0.3 is 0 Å². The predicted octanol–water partition coefficient (Wildman–Crippen LogP) is 3.68. The molecule has 0 saturated carbocycles. The summed E-state index contributed by atoms with van der Waals surface area (Å²) >= 11 is 0. The highest BCUT2D eigenvalue weighted by atomic mass is 16.5. The molecule has 7 nitrogen and oxygen atoms in total. The average molecular weight is 380 g/mol. The number of aryl methyl sites for hydroxylation is 1. The van der Waals surface area contributed by atoms with Crippen LogP contribution in [-0.2, 0) is 11.2 Å². The second-order valence-electron chi connectivity index (χ2n) is 6.79. The third-order valence-electron chi connectivity index (χ3n) is 4.45. The normalized spacial score (nSPS) is 10.9. The van der Waals surface area contributed by atoms with Crippen LogP contribution in [0.5, 0.6) is 11.5 Å². The van der Waals surface area contributed by atoms with Gasteiger partial charge in [0, 0.05) is 0 Å². The van der Waals surface area contributed by atoms with E-state index in [2.05, 4.69) is 22.4 Å². The first-order valence-corrected chi connectivity index (χ1v) is 9.21. The van der Waals surface area contributed by atoms with E-state index in [0.29, 0.717) is 11.4 Å². The van der Waals surface area contributed by atoms with Crippen molar-refractivity contribution in [1.29, 1.82) is 0 Å². The lowest BCUT2D eigenvalue weighted by Crippen LogP contribution is -2.20. The van der Waals surface area contributed by atoms with Crippen LogP contribution in [0.25, 0.3) is 5.69 Å². The minimum absolute atomic E-state index is 0.0234. The van der Waals surface area contributed by atoms with Gasteiger partial charge in [-0.3, -0.25) is 9.36 Å². The van der Waals surface area contributed by atoms with Crippen LogP contribution in [0.2, 0.25) is 0 Å². The maximum Gasteiger partial charge on any atom is 0.262 e. The Bertz CT molecular complexity index is 952. The van der Waals surface area contributed by atoms with Crippen LogP contribution in [0.3, 0.4) is 0 Å².